The van der Waals surface area contributed by atoms with Crippen LogP contribution in [0, 0.1) is 6.92 Å². The molecule has 1 aromatic carbocycles. The molecule has 2 aromatic heterocycles. The van der Waals surface area contributed by atoms with E-state index in [1.54, 1.807) is 31.2 Å². The van der Waals surface area contributed by atoms with Gasteiger partial charge in [0.25, 0.3) is 5.56 Å². The largest absolute Gasteiger partial charge is 0.495 e. The average Bonchev–Trinajstić information content (AvgIpc) is 2.70. The summed E-state index contributed by atoms with van der Waals surface area (Å²) in [7, 11) is 2.90. The molecule has 2 heterocycles. The third-order valence-corrected chi connectivity index (χ3v) is 4.48. The van der Waals surface area contributed by atoms with E-state index in [0.29, 0.717) is 22.7 Å². The van der Waals surface area contributed by atoms with Crippen molar-refractivity contribution in [3.8, 4) is 5.75 Å². The molecule has 0 aliphatic carbocycles. The van der Waals surface area contributed by atoms with E-state index in [1.165, 1.54) is 31.8 Å². The third-order valence-electron chi connectivity index (χ3n) is 4.48. The molecule has 0 radical (unpaired) electrons. The van der Waals surface area contributed by atoms with E-state index >= 15 is 0 Å². The lowest BCUT2D eigenvalue weighted by Crippen LogP contribution is -2.42. The maximum absolute atomic E-state index is 13.0. The smallest absolute Gasteiger partial charge is 0.332 e. The summed E-state index contributed by atoms with van der Waals surface area (Å²) >= 11 is 0. The van der Waals surface area contributed by atoms with E-state index in [4.69, 9.17) is 4.74 Å². The van der Waals surface area contributed by atoms with Gasteiger partial charge < -0.3 is 15.4 Å². The van der Waals surface area contributed by atoms with Crippen molar-refractivity contribution < 1.29 is 14.3 Å². The molecule has 0 saturated carbocycles. The monoisotopic (exact) mass is 411 g/mol. The molecule has 3 aromatic rings. The number of carbonyl (C=O) groups excluding carboxylic acids is 2. The van der Waals surface area contributed by atoms with Crippen LogP contribution in [0.3, 0.4) is 0 Å². The van der Waals surface area contributed by atoms with Crippen LogP contribution in [0.15, 0.2) is 40.1 Å². The number of benzene rings is 1. The predicted molar refractivity (Wildman–Crippen MR) is 112 cm³/mol. The fourth-order valence-electron chi connectivity index (χ4n) is 3.11. The lowest BCUT2D eigenvalue weighted by Gasteiger charge is -2.13. The van der Waals surface area contributed by atoms with E-state index in [0.717, 1.165) is 4.57 Å². The average molecular weight is 411 g/mol. The molecule has 0 atom stereocenters. The van der Waals surface area contributed by atoms with Gasteiger partial charge >= 0.3 is 5.69 Å². The summed E-state index contributed by atoms with van der Waals surface area (Å²) in [4.78, 5) is 53.3. The van der Waals surface area contributed by atoms with Gasteiger partial charge in [0.2, 0.25) is 11.8 Å². The standard InChI is InChI=1S/C20H21N5O5/c1-11-9-21-18-16(17(11)30-4)19(28)25(20(29)24(18)3)10-15(27)23-14-7-5-13(6-8-14)22-12(2)26/h5-9H,10H2,1-4H3,(H,22,26)(H,23,27). The van der Waals surface area contributed by atoms with Gasteiger partial charge in [-0.2, -0.15) is 0 Å². The zero-order valence-corrected chi connectivity index (χ0v) is 17.0. The maximum Gasteiger partial charge on any atom is 0.332 e. The summed E-state index contributed by atoms with van der Waals surface area (Å²) < 4.78 is 7.37. The third kappa shape index (κ3) is 3.93. The van der Waals surface area contributed by atoms with Gasteiger partial charge in [0.15, 0.2) is 5.65 Å². The van der Waals surface area contributed by atoms with Crippen molar-refractivity contribution in [1.29, 1.82) is 0 Å². The van der Waals surface area contributed by atoms with E-state index in [1.807, 2.05) is 0 Å². The summed E-state index contributed by atoms with van der Waals surface area (Å²) in [6, 6.07) is 6.44. The number of nitrogens with zero attached hydrogens (tertiary/aromatic N) is 3. The van der Waals surface area contributed by atoms with Gasteiger partial charge in [0, 0.05) is 37.1 Å². The highest BCUT2D eigenvalue weighted by molar-refractivity contribution is 5.92. The molecular weight excluding hydrogens is 390 g/mol. The van der Waals surface area contributed by atoms with Crippen LogP contribution in [0.5, 0.6) is 5.75 Å². The zero-order valence-electron chi connectivity index (χ0n) is 17.0. The first-order chi connectivity index (χ1) is 14.2. The number of methoxy groups -OCH3 is 1. The molecular formula is C20H21N5O5. The molecule has 0 aliphatic rings. The van der Waals surface area contributed by atoms with Gasteiger partial charge in [-0.1, -0.05) is 0 Å². The predicted octanol–water partition coefficient (Wildman–Crippen LogP) is 1.01. The van der Waals surface area contributed by atoms with Crippen molar-refractivity contribution in [2.75, 3.05) is 17.7 Å². The summed E-state index contributed by atoms with van der Waals surface area (Å²) in [5.41, 5.74) is 0.526. The van der Waals surface area contributed by atoms with Crippen LogP contribution in [0.4, 0.5) is 11.4 Å². The highest BCUT2D eigenvalue weighted by Gasteiger charge is 2.19. The summed E-state index contributed by atoms with van der Waals surface area (Å²) in [6.45, 7) is 2.65. The van der Waals surface area contributed by atoms with E-state index in [2.05, 4.69) is 15.6 Å². The molecule has 10 nitrogen and oxygen atoms in total. The Morgan fingerprint density at radius 1 is 1.10 bits per heavy atom. The Morgan fingerprint density at radius 3 is 2.27 bits per heavy atom. The van der Waals surface area contributed by atoms with Crippen LogP contribution in [-0.4, -0.2) is 33.0 Å². The molecule has 0 fully saturated rings. The van der Waals surface area contributed by atoms with Gasteiger partial charge in [-0.25, -0.2) is 14.3 Å². The molecule has 0 bridgehead atoms. The first-order valence-electron chi connectivity index (χ1n) is 9.03. The zero-order chi connectivity index (χ0) is 22.0. The first-order valence-corrected chi connectivity index (χ1v) is 9.03. The lowest BCUT2D eigenvalue weighted by atomic mass is 10.2. The van der Waals surface area contributed by atoms with Crippen LogP contribution in [-0.2, 0) is 23.2 Å². The number of hydrogen-bond acceptors (Lipinski definition) is 6. The van der Waals surface area contributed by atoms with Crippen LogP contribution in [0.25, 0.3) is 11.0 Å². The molecule has 0 aliphatic heterocycles. The van der Waals surface area contributed by atoms with E-state index < -0.39 is 23.7 Å². The lowest BCUT2D eigenvalue weighted by molar-refractivity contribution is -0.117. The molecule has 10 heteroatoms. The van der Waals surface area contributed by atoms with Gasteiger partial charge in [0.05, 0.1) is 7.11 Å². The van der Waals surface area contributed by atoms with E-state index in [9.17, 15) is 19.2 Å². The summed E-state index contributed by atoms with van der Waals surface area (Å²) in [5, 5.41) is 5.38. The Bertz CT molecular complexity index is 1260. The molecule has 2 amide bonds. The summed E-state index contributed by atoms with van der Waals surface area (Å²) in [5.74, 6) is -0.456. The highest BCUT2D eigenvalue weighted by atomic mass is 16.5. The minimum Gasteiger partial charge on any atom is -0.495 e. The SMILES string of the molecule is COc1c(C)cnc2c1c(=O)n(CC(=O)Nc1ccc(NC(C)=O)cc1)c(=O)n2C. The van der Waals surface area contributed by atoms with Crippen molar-refractivity contribution in [3.05, 3.63) is 56.9 Å². The molecule has 3 rings (SSSR count). The fourth-order valence-corrected chi connectivity index (χ4v) is 3.11. The topological polar surface area (TPSA) is 124 Å². The number of aryl methyl sites for hydroxylation is 2. The normalized spacial score (nSPS) is 10.7. The minimum absolute atomic E-state index is 0.132. The van der Waals surface area contributed by atoms with Crippen LogP contribution < -0.4 is 26.6 Å². The molecule has 156 valence electrons. The Balaban J connectivity index is 1.93. The quantitative estimate of drug-likeness (QED) is 0.646. The first kappa shape index (κ1) is 20.8. The molecule has 0 unspecified atom stereocenters. The van der Waals surface area contributed by atoms with Crippen LogP contribution in [0.2, 0.25) is 0 Å². The highest BCUT2D eigenvalue weighted by Crippen LogP contribution is 2.23. The Hall–Kier alpha value is -3.95. The number of rotatable bonds is 5. The van der Waals surface area contributed by atoms with Crippen molar-refractivity contribution >= 4 is 34.2 Å². The van der Waals surface area contributed by atoms with Crippen LogP contribution >= 0.6 is 0 Å². The second-order valence-corrected chi connectivity index (χ2v) is 6.71. The number of aromatic nitrogens is 3. The number of carbonyl (C=O) groups is 2. The Kier molecular flexibility index (Phi) is 5.67. The number of ether oxygens (including phenoxy) is 1. The maximum atomic E-state index is 13.0. The Morgan fingerprint density at radius 2 is 1.70 bits per heavy atom. The number of pyridine rings is 1. The van der Waals surface area contributed by atoms with Crippen molar-refractivity contribution in [2.24, 2.45) is 7.05 Å². The van der Waals surface area contributed by atoms with Crippen molar-refractivity contribution in [2.45, 2.75) is 20.4 Å². The van der Waals surface area contributed by atoms with Crippen LogP contribution in [0.1, 0.15) is 12.5 Å². The van der Waals surface area contributed by atoms with Gasteiger partial charge in [0.1, 0.15) is 17.7 Å². The van der Waals surface area contributed by atoms with Crippen molar-refractivity contribution in [3.63, 3.8) is 0 Å². The number of hydrogen-bond donors (Lipinski definition) is 2. The molecule has 0 spiro atoms. The Labute approximate surface area is 171 Å². The summed E-state index contributed by atoms with van der Waals surface area (Å²) in [6.07, 6.45) is 1.52. The number of nitrogens with one attached hydrogen (secondary N) is 2. The van der Waals surface area contributed by atoms with Gasteiger partial charge in [-0.05, 0) is 31.2 Å². The number of anilines is 2. The van der Waals surface area contributed by atoms with Gasteiger partial charge in [-0.3, -0.25) is 19.0 Å². The van der Waals surface area contributed by atoms with Crippen molar-refractivity contribution in [1.82, 2.24) is 14.1 Å². The van der Waals surface area contributed by atoms with E-state index in [-0.39, 0.29) is 16.9 Å². The number of amides is 2. The molecule has 2 N–H and O–H groups in total. The fraction of sp³-hybridized carbons (Fsp3) is 0.250. The second kappa shape index (κ2) is 8.19. The molecule has 0 saturated heterocycles. The van der Waals surface area contributed by atoms with Gasteiger partial charge in [-0.15, -0.1) is 0 Å². The second-order valence-electron chi connectivity index (χ2n) is 6.71. The molecule has 30 heavy (non-hydrogen) atoms. The minimum atomic E-state index is -0.665. The number of fused-ring (bicyclic) bond motifs is 1.